The van der Waals surface area contributed by atoms with Gasteiger partial charge in [-0.15, -0.1) is 0 Å². The molecule has 0 N–H and O–H groups in total. The second kappa shape index (κ2) is 22.4. The third kappa shape index (κ3) is 16.8. The van der Waals surface area contributed by atoms with Crippen molar-refractivity contribution >= 4 is 8.60 Å². The summed E-state index contributed by atoms with van der Waals surface area (Å²) in [6, 6.07) is 19.5. The number of unbranched alkanes of at least 4 members (excludes halogenated alkanes) is 10. The summed E-state index contributed by atoms with van der Waals surface area (Å²) in [7, 11) is -1.52. The maximum atomic E-state index is 6.35. The fourth-order valence-corrected chi connectivity index (χ4v) is 5.26. The minimum absolute atomic E-state index is 0.321. The predicted octanol–water partition coefficient (Wildman–Crippen LogP) is 10.7. The lowest BCUT2D eigenvalue weighted by Crippen LogP contribution is -2.15. The highest BCUT2D eigenvalue weighted by molar-refractivity contribution is 7.42. The number of rotatable bonds is 24. The van der Waals surface area contributed by atoms with Crippen LogP contribution in [0, 0.1) is 0 Å². The Bertz CT molecular complexity index is 701. The summed E-state index contributed by atoms with van der Waals surface area (Å²) < 4.78 is 24.5. The average Bonchev–Trinajstić information content (AvgIpc) is 2.93. The summed E-state index contributed by atoms with van der Waals surface area (Å²) in [5, 5.41) is 0. The van der Waals surface area contributed by atoms with Crippen molar-refractivity contribution in [2.45, 2.75) is 116 Å². The lowest BCUT2D eigenvalue weighted by atomic mass is 10.1. The molecule has 1 unspecified atom stereocenters. The molecule has 0 bridgehead atoms. The molecule has 2 aromatic rings. The first-order valence-corrected chi connectivity index (χ1v) is 15.9. The van der Waals surface area contributed by atoms with E-state index in [-0.39, 0.29) is 0 Å². The molecule has 4 nitrogen and oxygen atoms in total. The Morgan fingerprint density at radius 2 is 1.03 bits per heavy atom. The van der Waals surface area contributed by atoms with Crippen LogP contribution in [0.1, 0.15) is 110 Å². The number of para-hydroxylation sites is 2. The van der Waals surface area contributed by atoms with Crippen LogP contribution < -0.4 is 9.05 Å². The Balaban J connectivity index is 1.72. The van der Waals surface area contributed by atoms with Crippen molar-refractivity contribution in [3.05, 3.63) is 60.7 Å². The normalized spacial score (nSPS) is 12.1. The van der Waals surface area contributed by atoms with Gasteiger partial charge >= 0.3 is 8.60 Å². The molecule has 0 aliphatic carbocycles. The lowest BCUT2D eigenvalue weighted by molar-refractivity contribution is 0.0335. The highest BCUT2D eigenvalue weighted by Gasteiger charge is 2.18. The van der Waals surface area contributed by atoms with Crippen LogP contribution in [0.25, 0.3) is 0 Å². The van der Waals surface area contributed by atoms with E-state index in [1.54, 1.807) is 0 Å². The number of hydrogen-bond donors (Lipinski definition) is 0. The van der Waals surface area contributed by atoms with Gasteiger partial charge in [0.15, 0.2) is 0 Å². The van der Waals surface area contributed by atoms with E-state index in [0.717, 1.165) is 37.4 Å². The molecule has 0 aliphatic heterocycles. The molecule has 0 aromatic heterocycles. The highest BCUT2D eigenvalue weighted by atomic mass is 31.2. The third-order valence-corrected chi connectivity index (χ3v) is 7.56. The fourth-order valence-electron chi connectivity index (χ4n) is 4.25. The van der Waals surface area contributed by atoms with E-state index in [9.17, 15) is 0 Å². The van der Waals surface area contributed by atoms with Crippen molar-refractivity contribution in [1.29, 1.82) is 0 Å². The fraction of sp³-hybridized carbons (Fsp3) is 0.625. The van der Waals surface area contributed by atoms with Gasteiger partial charge in [0.1, 0.15) is 11.5 Å². The van der Waals surface area contributed by atoms with Crippen molar-refractivity contribution in [1.82, 2.24) is 0 Å². The van der Waals surface area contributed by atoms with Crippen LogP contribution in [-0.4, -0.2) is 19.3 Å². The SMILES string of the molecule is CCCCCCCCCCOC(CCCCCC)CCCOP(Oc1ccccc1)Oc1ccccc1. The third-order valence-electron chi connectivity index (χ3n) is 6.44. The van der Waals surface area contributed by atoms with Crippen molar-refractivity contribution in [3.63, 3.8) is 0 Å². The quantitative estimate of drug-likeness (QED) is 0.0999. The van der Waals surface area contributed by atoms with Gasteiger partial charge in [-0.05, 0) is 49.9 Å². The summed E-state index contributed by atoms with van der Waals surface area (Å²) in [6.45, 7) is 6.02. The zero-order chi connectivity index (χ0) is 26.2. The Labute approximate surface area is 228 Å². The summed E-state index contributed by atoms with van der Waals surface area (Å²) >= 11 is 0. The molecule has 208 valence electrons. The van der Waals surface area contributed by atoms with Crippen molar-refractivity contribution in [3.8, 4) is 11.5 Å². The zero-order valence-electron chi connectivity index (χ0n) is 23.5. The van der Waals surface area contributed by atoms with E-state index in [4.69, 9.17) is 18.3 Å². The van der Waals surface area contributed by atoms with E-state index in [1.165, 1.54) is 77.0 Å². The van der Waals surface area contributed by atoms with E-state index < -0.39 is 8.60 Å². The van der Waals surface area contributed by atoms with Gasteiger partial charge < -0.3 is 13.8 Å². The second-order valence-electron chi connectivity index (χ2n) is 9.82. The molecule has 0 spiro atoms. The van der Waals surface area contributed by atoms with Gasteiger partial charge in [-0.25, -0.2) is 0 Å². The molecule has 2 aromatic carbocycles. The zero-order valence-corrected chi connectivity index (χ0v) is 24.3. The molecule has 0 amide bonds. The molecule has 1 atom stereocenters. The minimum Gasteiger partial charge on any atom is -0.418 e. The number of benzene rings is 2. The maximum absolute atomic E-state index is 6.35. The van der Waals surface area contributed by atoms with Gasteiger partial charge in [0.2, 0.25) is 0 Å². The molecule has 37 heavy (non-hydrogen) atoms. The standard InChI is InChI=1S/C32H51O4P/c1-3-5-7-9-10-11-12-20-28-33-30(22-15-8-6-4-2)27-21-29-34-37(35-31-23-16-13-17-24-31)36-32-25-18-14-19-26-32/h13-14,16-19,23-26,30H,3-12,15,20-22,27-29H2,1-2H3. The van der Waals surface area contributed by atoms with Crippen LogP contribution in [0.15, 0.2) is 60.7 Å². The van der Waals surface area contributed by atoms with E-state index in [2.05, 4.69) is 13.8 Å². The average molecular weight is 531 g/mol. The molecular formula is C32H51O4P. The van der Waals surface area contributed by atoms with Crippen molar-refractivity contribution < 1.29 is 18.3 Å². The second-order valence-corrected chi connectivity index (χ2v) is 10.9. The van der Waals surface area contributed by atoms with Gasteiger partial charge in [0.05, 0.1) is 12.7 Å². The summed E-state index contributed by atoms with van der Waals surface area (Å²) in [6.07, 6.45) is 19.2. The van der Waals surface area contributed by atoms with Gasteiger partial charge in [-0.3, -0.25) is 4.52 Å². The van der Waals surface area contributed by atoms with Gasteiger partial charge in [0, 0.05) is 6.61 Å². The monoisotopic (exact) mass is 530 g/mol. The predicted molar refractivity (Wildman–Crippen MR) is 157 cm³/mol. The first kappa shape index (κ1) is 31.6. The lowest BCUT2D eigenvalue weighted by Gasteiger charge is -2.20. The smallest absolute Gasteiger partial charge is 0.418 e. The minimum atomic E-state index is -1.52. The van der Waals surface area contributed by atoms with Crippen LogP contribution in [-0.2, 0) is 9.26 Å². The molecule has 0 fully saturated rings. The van der Waals surface area contributed by atoms with Gasteiger partial charge in [0.25, 0.3) is 0 Å². The molecule has 5 heteroatoms. The van der Waals surface area contributed by atoms with Crippen LogP contribution in [0.4, 0.5) is 0 Å². The summed E-state index contributed by atoms with van der Waals surface area (Å²) in [5.74, 6) is 1.51. The first-order chi connectivity index (χ1) is 18.3. The van der Waals surface area contributed by atoms with Crippen molar-refractivity contribution in [2.24, 2.45) is 0 Å². The molecule has 0 aliphatic rings. The molecule has 0 heterocycles. The molecular weight excluding hydrogens is 479 g/mol. The summed E-state index contributed by atoms with van der Waals surface area (Å²) in [4.78, 5) is 0. The van der Waals surface area contributed by atoms with E-state index in [1.807, 2.05) is 60.7 Å². The topological polar surface area (TPSA) is 36.9 Å². The van der Waals surface area contributed by atoms with Crippen LogP contribution in [0.3, 0.4) is 0 Å². The number of hydrogen-bond acceptors (Lipinski definition) is 4. The van der Waals surface area contributed by atoms with E-state index in [0.29, 0.717) is 12.7 Å². The Hall–Kier alpha value is -1.61. The summed E-state index contributed by atoms with van der Waals surface area (Å²) in [5.41, 5.74) is 0. The number of ether oxygens (including phenoxy) is 1. The van der Waals surface area contributed by atoms with Gasteiger partial charge in [-0.1, -0.05) is 121 Å². The Morgan fingerprint density at radius 3 is 1.59 bits per heavy atom. The molecule has 0 radical (unpaired) electrons. The van der Waals surface area contributed by atoms with Crippen LogP contribution in [0.5, 0.6) is 11.5 Å². The van der Waals surface area contributed by atoms with Gasteiger partial charge in [-0.2, -0.15) is 0 Å². The Morgan fingerprint density at radius 1 is 0.541 bits per heavy atom. The highest BCUT2D eigenvalue weighted by Crippen LogP contribution is 2.41. The maximum Gasteiger partial charge on any atom is 0.463 e. The largest absolute Gasteiger partial charge is 0.463 e. The first-order valence-electron chi connectivity index (χ1n) is 14.8. The van der Waals surface area contributed by atoms with Crippen LogP contribution in [0.2, 0.25) is 0 Å². The Kier molecular flexibility index (Phi) is 19.1. The molecule has 0 saturated heterocycles. The van der Waals surface area contributed by atoms with Crippen LogP contribution >= 0.6 is 8.60 Å². The van der Waals surface area contributed by atoms with Crippen molar-refractivity contribution in [2.75, 3.05) is 13.2 Å². The molecule has 2 rings (SSSR count). The van der Waals surface area contributed by atoms with E-state index >= 15 is 0 Å². The molecule has 0 saturated carbocycles.